The summed E-state index contributed by atoms with van der Waals surface area (Å²) in [5.74, 6) is 0. The number of nitrogens with one attached hydrogen (secondary N) is 1. The van der Waals surface area contributed by atoms with E-state index in [1.165, 1.54) is 5.56 Å². The molecule has 3 aromatic carbocycles. The fourth-order valence-electron chi connectivity index (χ4n) is 4.14. The quantitative estimate of drug-likeness (QED) is 0.432. The highest BCUT2D eigenvalue weighted by Gasteiger charge is 2.17. The lowest BCUT2D eigenvalue weighted by Crippen LogP contribution is -2.47. The van der Waals surface area contributed by atoms with Crippen LogP contribution in [0.25, 0.3) is 44.4 Å². The second-order valence-corrected chi connectivity index (χ2v) is 7.94. The molecule has 32 heavy (non-hydrogen) atoms. The van der Waals surface area contributed by atoms with Crippen molar-refractivity contribution in [3.8, 4) is 33.5 Å². The van der Waals surface area contributed by atoms with Crippen LogP contribution in [0.1, 0.15) is 11.1 Å². The maximum absolute atomic E-state index is 12.9. The van der Waals surface area contributed by atoms with Gasteiger partial charge in [0.1, 0.15) is 0 Å². The number of H-pyrrole nitrogens is 1. The minimum atomic E-state index is -0.138. The van der Waals surface area contributed by atoms with Crippen LogP contribution in [0, 0.1) is 6.92 Å². The largest absolute Gasteiger partial charge is 0.354 e. The molecule has 4 nitrogen and oxygen atoms in total. The molecule has 0 aliphatic heterocycles. The molecular formula is C28H24N3O+. The predicted molar refractivity (Wildman–Crippen MR) is 130 cm³/mol. The Labute approximate surface area is 186 Å². The highest BCUT2D eigenvalue weighted by atomic mass is 16.1. The molecule has 5 rings (SSSR count). The first-order chi connectivity index (χ1) is 15.7. The van der Waals surface area contributed by atoms with Crippen molar-refractivity contribution in [2.24, 2.45) is 0 Å². The van der Waals surface area contributed by atoms with Gasteiger partial charge in [-0.25, -0.2) is 4.98 Å². The fourth-order valence-corrected chi connectivity index (χ4v) is 4.14. The number of pyridine rings is 2. The number of aryl methyl sites for hydroxylation is 1. The molecule has 0 bridgehead atoms. The molecular weight excluding hydrogens is 394 g/mol. The van der Waals surface area contributed by atoms with Crippen LogP contribution in [0.4, 0.5) is 0 Å². The number of hydrogen-bond donors (Lipinski definition) is 2. The number of hydrogen-bond acceptors (Lipinski definition) is 2. The van der Waals surface area contributed by atoms with E-state index in [2.05, 4.69) is 66.2 Å². The Bertz CT molecular complexity index is 1470. The number of rotatable bonds is 4. The Morgan fingerprint density at radius 3 is 2.25 bits per heavy atom. The van der Waals surface area contributed by atoms with Crippen molar-refractivity contribution in [1.82, 2.24) is 9.97 Å². The monoisotopic (exact) mass is 418 g/mol. The summed E-state index contributed by atoms with van der Waals surface area (Å²) in [6.45, 7) is 2.81. The molecule has 0 spiro atoms. The van der Waals surface area contributed by atoms with Crippen LogP contribution >= 0.6 is 0 Å². The van der Waals surface area contributed by atoms with Crippen LogP contribution in [0.15, 0.2) is 95.9 Å². The summed E-state index contributed by atoms with van der Waals surface area (Å²) in [5, 5.41) is 0.586. The Kier molecular flexibility index (Phi) is 5.13. The van der Waals surface area contributed by atoms with Gasteiger partial charge in [-0.15, -0.1) is 0 Å². The van der Waals surface area contributed by atoms with Crippen molar-refractivity contribution >= 4 is 10.9 Å². The van der Waals surface area contributed by atoms with Gasteiger partial charge in [-0.3, -0.25) is 4.79 Å². The maximum atomic E-state index is 12.9. The molecule has 4 heteroatoms. The molecule has 156 valence electrons. The van der Waals surface area contributed by atoms with Crippen molar-refractivity contribution in [1.29, 1.82) is 0 Å². The predicted octanol–water partition coefficient (Wildman–Crippen LogP) is 4.97. The summed E-state index contributed by atoms with van der Waals surface area (Å²) < 4.78 is 0. The van der Waals surface area contributed by atoms with Crippen LogP contribution in [-0.4, -0.2) is 9.97 Å². The van der Waals surface area contributed by atoms with E-state index in [9.17, 15) is 4.79 Å². The normalized spacial score (nSPS) is 11.1. The highest BCUT2D eigenvalue weighted by Crippen LogP contribution is 2.36. The van der Waals surface area contributed by atoms with Crippen LogP contribution in [0.3, 0.4) is 0 Å². The van der Waals surface area contributed by atoms with E-state index in [0.717, 1.165) is 45.6 Å². The first-order valence-electron chi connectivity index (χ1n) is 10.7. The zero-order valence-electron chi connectivity index (χ0n) is 17.9. The van der Waals surface area contributed by atoms with E-state index in [-0.39, 0.29) is 5.56 Å². The smallest absolute Gasteiger partial charge is 0.257 e. The van der Waals surface area contributed by atoms with Crippen molar-refractivity contribution in [3.05, 3.63) is 113 Å². The van der Waals surface area contributed by atoms with Crippen molar-refractivity contribution in [3.63, 3.8) is 0 Å². The topological polar surface area (TPSA) is 73.4 Å². The van der Waals surface area contributed by atoms with Gasteiger partial charge in [0.15, 0.2) is 0 Å². The highest BCUT2D eigenvalue weighted by molar-refractivity contribution is 5.98. The van der Waals surface area contributed by atoms with Gasteiger partial charge < -0.3 is 10.7 Å². The average Bonchev–Trinajstić information content (AvgIpc) is 2.85. The molecule has 0 fully saturated rings. The van der Waals surface area contributed by atoms with Gasteiger partial charge in [-0.2, -0.15) is 0 Å². The number of benzene rings is 3. The third-order valence-corrected chi connectivity index (χ3v) is 5.91. The minimum absolute atomic E-state index is 0.138. The van der Waals surface area contributed by atoms with E-state index < -0.39 is 0 Å². The number of nitrogens with zero attached hydrogens (tertiary/aromatic N) is 1. The summed E-state index contributed by atoms with van der Waals surface area (Å²) in [5.41, 5.74) is 12.7. The summed E-state index contributed by atoms with van der Waals surface area (Å²) in [4.78, 5) is 20.9. The Morgan fingerprint density at radius 1 is 0.812 bits per heavy atom. The fraction of sp³-hybridized carbons (Fsp3) is 0.0714. The second kappa shape index (κ2) is 8.25. The molecule has 0 saturated heterocycles. The van der Waals surface area contributed by atoms with Crippen LogP contribution in [0.2, 0.25) is 0 Å². The van der Waals surface area contributed by atoms with Gasteiger partial charge in [0.25, 0.3) is 5.56 Å². The second-order valence-electron chi connectivity index (χ2n) is 7.94. The van der Waals surface area contributed by atoms with E-state index >= 15 is 0 Å². The third kappa shape index (κ3) is 3.51. The summed E-state index contributed by atoms with van der Waals surface area (Å²) in [6.07, 6.45) is 1.78. The SMILES string of the molecule is Cc1ccccc1-c1c[nH]c(=O)c2cc(-c3ccccc3)c(-c3ccc(C[NH3+])cc3)nc12. The lowest BCUT2D eigenvalue weighted by Gasteiger charge is -2.14. The number of aromatic nitrogens is 2. The van der Waals surface area contributed by atoms with Gasteiger partial charge in [-0.1, -0.05) is 78.9 Å². The summed E-state index contributed by atoms with van der Waals surface area (Å²) in [7, 11) is 0. The van der Waals surface area contributed by atoms with Gasteiger partial charge in [-0.05, 0) is 29.7 Å². The van der Waals surface area contributed by atoms with Crippen molar-refractivity contribution in [2.75, 3.05) is 0 Å². The first kappa shape index (κ1) is 19.9. The number of fused-ring (bicyclic) bond motifs is 1. The maximum Gasteiger partial charge on any atom is 0.257 e. The Hall–Kier alpha value is -4.02. The summed E-state index contributed by atoms with van der Waals surface area (Å²) >= 11 is 0. The zero-order chi connectivity index (χ0) is 22.1. The lowest BCUT2D eigenvalue weighted by atomic mass is 9.95. The van der Waals surface area contributed by atoms with E-state index in [4.69, 9.17) is 4.98 Å². The van der Waals surface area contributed by atoms with E-state index in [1.54, 1.807) is 6.20 Å². The zero-order valence-corrected chi connectivity index (χ0v) is 17.9. The summed E-state index contributed by atoms with van der Waals surface area (Å²) in [6, 6.07) is 28.6. The van der Waals surface area contributed by atoms with Crippen molar-refractivity contribution < 1.29 is 5.73 Å². The van der Waals surface area contributed by atoms with Gasteiger partial charge in [0.05, 0.1) is 23.1 Å². The molecule has 4 N–H and O–H groups in total. The van der Waals surface area contributed by atoms with E-state index in [0.29, 0.717) is 10.9 Å². The van der Waals surface area contributed by atoms with Gasteiger partial charge in [0.2, 0.25) is 0 Å². The van der Waals surface area contributed by atoms with Gasteiger partial charge in [0, 0.05) is 28.5 Å². The minimum Gasteiger partial charge on any atom is -0.354 e. The first-order valence-corrected chi connectivity index (χ1v) is 10.7. The molecule has 2 heterocycles. The molecule has 0 aliphatic rings. The lowest BCUT2D eigenvalue weighted by molar-refractivity contribution is -0.386. The van der Waals surface area contributed by atoms with Crippen LogP contribution in [-0.2, 0) is 6.54 Å². The molecule has 0 saturated carbocycles. The molecule has 0 radical (unpaired) electrons. The van der Waals surface area contributed by atoms with Crippen molar-refractivity contribution in [2.45, 2.75) is 13.5 Å². The molecule has 0 unspecified atom stereocenters. The standard InChI is InChI=1S/C28H23N3O/c1-18-7-5-6-10-22(18)25-17-30-28(32)24-15-23(20-8-3-2-4-9-20)26(31-27(24)25)21-13-11-19(16-29)12-14-21/h2-15,17H,16,29H2,1H3,(H,30,32)/p+1. The molecule has 0 aliphatic carbocycles. The molecule has 0 atom stereocenters. The third-order valence-electron chi connectivity index (χ3n) is 5.91. The number of aromatic amines is 1. The molecule has 2 aromatic heterocycles. The van der Waals surface area contributed by atoms with Gasteiger partial charge >= 0.3 is 0 Å². The number of quaternary nitrogens is 1. The van der Waals surface area contributed by atoms with Crippen LogP contribution < -0.4 is 11.3 Å². The molecule has 5 aromatic rings. The average molecular weight is 419 g/mol. The van der Waals surface area contributed by atoms with E-state index in [1.807, 2.05) is 36.4 Å². The molecule has 0 amide bonds. The Balaban J connectivity index is 1.86. The van der Waals surface area contributed by atoms with Crippen LogP contribution in [0.5, 0.6) is 0 Å². The Morgan fingerprint density at radius 2 is 1.53 bits per heavy atom.